The minimum absolute atomic E-state index is 0.351. The lowest BCUT2D eigenvalue weighted by atomic mass is 10.1. The fourth-order valence-corrected chi connectivity index (χ4v) is 2.57. The van der Waals surface area contributed by atoms with Crippen molar-refractivity contribution < 1.29 is 4.74 Å². The van der Waals surface area contributed by atoms with Gasteiger partial charge in [-0.3, -0.25) is 0 Å². The summed E-state index contributed by atoms with van der Waals surface area (Å²) < 4.78 is 5.04. The summed E-state index contributed by atoms with van der Waals surface area (Å²) in [4.78, 5) is 8.51. The quantitative estimate of drug-likeness (QED) is 0.892. The van der Waals surface area contributed by atoms with Crippen LogP contribution in [0.3, 0.4) is 0 Å². The predicted molar refractivity (Wildman–Crippen MR) is 78.9 cm³/mol. The number of aryl methyl sites for hydroxylation is 2. The van der Waals surface area contributed by atoms with Crippen molar-refractivity contribution in [3.63, 3.8) is 0 Å². The molecule has 0 spiro atoms. The maximum Gasteiger partial charge on any atom is 0.158 e. The van der Waals surface area contributed by atoms with Crippen molar-refractivity contribution in [2.24, 2.45) is 0 Å². The summed E-state index contributed by atoms with van der Waals surface area (Å²) in [6.45, 7) is 0.351. The predicted octanol–water partition coefficient (Wildman–Crippen LogP) is 2.44. The molecule has 104 valence electrons. The van der Waals surface area contributed by atoms with E-state index in [1.807, 2.05) is 0 Å². The Labute approximate surface area is 118 Å². The zero-order valence-corrected chi connectivity index (χ0v) is 11.5. The molecule has 3 rings (SSSR count). The van der Waals surface area contributed by atoms with E-state index >= 15 is 0 Å². The molecule has 1 heterocycles. The van der Waals surface area contributed by atoms with Crippen molar-refractivity contribution in [2.45, 2.75) is 25.9 Å². The molecule has 20 heavy (non-hydrogen) atoms. The zero-order valence-electron chi connectivity index (χ0n) is 11.5. The van der Waals surface area contributed by atoms with Crippen LogP contribution >= 0.6 is 0 Å². The first kappa shape index (κ1) is 12.9. The lowest BCUT2D eigenvalue weighted by Gasteiger charge is -2.09. The highest BCUT2D eigenvalue weighted by Crippen LogP contribution is 2.26. The fourth-order valence-electron chi connectivity index (χ4n) is 2.57. The van der Waals surface area contributed by atoms with Gasteiger partial charge in [-0.1, -0.05) is 6.07 Å². The summed E-state index contributed by atoms with van der Waals surface area (Å²) in [5.74, 6) is 1.72. The minimum atomic E-state index is 0.351. The molecule has 0 aliphatic heterocycles. The molecule has 2 aromatic rings. The van der Waals surface area contributed by atoms with Gasteiger partial charge in [-0.2, -0.15) is 0 Å². The van der Waals surface area contributed by atoms with E-state index in [0.717, 1.165) is 12.1 Å². The van der Waals surface area contributed by atoms with Crippen LogP contribution in [0.1, 0.15) is 23.4 Å². The van der Waals surface area contributed by atoms with E-state index in [9.17, 15) is 0 Å². The van der Waals surface area contributed by atoms with E-state index in [1.165, 1.54) is 24.0 Å². The van der Waals surface area contributed by atoms with Gasteiger partial charge in [0.05, 0.1) is 0 Å². The molecule has 1 aliphatic rings. The molecule has 0 saturated heterocycles. The molecule has 1 aliphatic carbocycles. The number of hydrogen-bond acceptors (Lipinski definition) is 5. The summed E-state index contributed by atoms with van der Waals surface area (Å²) in [7, 11) is 1.61. The van der Waals surface area contributed by atoms with E-state index in [-0.39, 0.29) is 0 Å². The van der Waals surface area contributed by atoms with Gasteiger partial charge in [0.15, 0.2) is 5.82 Å². The molecule has 5 nitrogen and oxygen atoms in total. The first-order valence-corrected chi connectivity index (χ1v) is 6.76. The molecule has 0 bridgehead atoms. The first-order valence-electron chi connectivity index (χ1n) is 6.76. The molecule has 0 saturated carbocycles. The van der Waals surface area contributed by atoms with Crippen LogP contribution in [0, 0.1) is 0 Å². The molecule has 0 amide bonds. The van der Waals surface area contributed by atoms with E-state index in [2.05, 4.69) is 33.5 Å². The Morgan fingerprint density at radius 2 is 2.05 bits per heavy atom. The number of fused-ring (bicyclic) bond motifs is 1. The van der Waals surface area contributed by atoms with E-state index in [4.69, 9.17) is 10.5 Å². The van der Waals surface area contributed by atoms with Crippen LogP contribution in [-0.2, 0) is 24.2 Å². The average Bonchev–Trinajstić information content (AvgIpc) is 2.85. The third kappa shape index (κ3) is 2.72. The molecule has 3 N–H and O–H groups in total. The Morgan fingerprint density at radius 1 is 1.20 bits per heavy atom. The standard InChI is InChI=1S/C15H18N4O/c1-20-9-15-18-13(16)8-14(19-15)17-12-6-5-10-3-2-4-11(10)7-12/h5-8H,2-4,9H2,1H3,(H3,16,17,18,19). The Kier molecular flexibility index (Phi) is 3.52. The van der Waals surface area contributed by atoms with Gasteiger partial charge in [0.2, 0.25) is 0 Å². The third-order valence-electron chi connectivity index (χ3n) is 3.44. The van der Waals surface area contributed by atoms with Gasteiger partial charge in [0.25, 0.3) is 0 Å². The molecule has 0 fully saturated rings. The van der Waals surface area contributed by atoms with Crippen LogP contribution in [0.25, 0.3) is 0 Å². The fraction of sp³-hybridized carbons (Fsp3) is 0.333. The van der Waals surface area contributed by atoms with Gasteiger partial charge in [-0.15, -0.1) is 0 Å². The van der Waals surface area contributed by atoms with Crippen LogP contribution in [0.2, 0.25) is 0 Å². The summed E-state index contributed by atoms with van der Waals surface area (Å²) in [6.07, 6.45) is 3.59. The van der Waals surface area contributed by atoms with E-state index in [1.54, 1.807) is 13.2 Å². The second kappa shape index (κ2) is 5.46. The second-order valence-electron chi connectivity index (χ2n) is 4.99. The topological polar surface area (TPSA) is 73.1 Å². The maximum atomic E-state index is 5.79. The lowest BCUT2D eigenvalue weighted by molar-refractivity contribution is 0.178. The van der Waals surface area contributed by atoms with E-state index in [0.29, 0.717) is 24.1 Å². The second-order valence-corrected chi connectivity index (χ2v) is 4.99. The van der Waals surface area contributed by atoms with Gasteiger partial charge < -0.3 is 15.8 Å². The Balaban J connectivity index is 1.83. The molecule has 1 aromatic heterocycles. The van der Waals surface area contributed by atoms with Gasteiger partial charge in [-0.25, -0.2) is 9.97 Å². The van der Waals surface area contributed by atoms with Gasteiger partial charge in [0, 0.05) is 18.9 Å². The number of rotatable bonds is 4. The van der Waals surface area contributed by atoms with Crippen molar-refractivity contribution >= 4 is 17.3 Å². The van der Waals surface area contributed by atoms with Crippen LogP contribution in [0.4, 0.5) is 17.3 Å². The van der Waals surface area contributed by atoms with Gasteiger partial charge in [-0.05, 0) is 42.5 Å². The Morgan fingerprint density at radius 3 is 2.90 bits per heavy atom. The van der Waals surface area contributed by atoms with Crippen LogP contribution < -0.4 is 11.1 Å². The number of hydrogen-bond donors (Lipinski definition) is 2. The van der Waals surface area contributed by atoms with Crippen LogP contribution in [0.15, 0.2) is 24.3 Å². The van der Waals surface area contributed by atoms with Crippen molar-refractivity contribution in [2.75, 3.05) is 18.2 Å². The van der Waals surface area contributed by atoms with E-state index < -0.39 is 0 Å². The zero-order chi connectivity index (χ0) is 13.9. The highest BCUT2D eigenvalue weighted by Gasteiger charge is 2.11. The van der Waals surface area contributed by atoms with Gasteiger partial charge in [0.1, 0.15) is 18.2 Å². The number of nitrogen functional groups attached to an aromatic ring is 1. The largest absolute Gasteiger partial charge is 0.384 e. The summed E-state index contributed by atoms with van der Waals surface area (Å²) in [5.41, 5.74) is 9.70. The van der Waals surface area contributed by atoms with Crippen LogP contribution in [-0.4, -0.2) is 17.1 Å². The molecule has 0 atom stereocenters. The molecular weight excluding hydrogens is 252 g/mol. The molecular formula is C15H18N4O. The number of nitrogens with zero attached hydrogens (tertiary/aromatic N) is 2. The summed E-state index contributed by atoms with van der Waals surface area (Å²) in [6, 6.07) is 8.19. The molecule has 0 radical (unpaired) electrons. The normalized spacial score (nSPS) is 13.2. The highest BCUT2D eigenvalue weighted by molar-refractivity contribution is 5.60. The molecule has 0 unspecified atom stereocenters. The number of anilines is 3. The first-order chi connectivity index (χ1) is 9.74. The summed E-state index contributed by atoms with van der Waals surface area (Å²) >= 11 is 0. The molecule has 5 heteroatoms. The number of nitrogens with one attached hydrogen (secondary N) is 1. The van der Waals surface area contributed by atoms with Crippen molar-refractivity contribution in [3.8, 4) is 0 Å². The Hall–Kier alpha value is -2.14. The number of benzene rings is 1. The minimum Gasteiger partial charge on any atom is -0.384 e. The third-order valence-corrected chi connectivity index (χ3v) is 3.44. The highest BCUT2D eigenvalue weighted by atomic mass is 16.5. The lowest BCUT2D eigenvalue weighted by Crippen LogP contribution is -2.04. The number of aromatic nitrogens is 2. The maximum absolute atomic E-state index is 5.79. The Bertz CT molecular complexity index is 627. The van der Waals surface area contributed by atoms with Crippen molar-refractivity contribution in [1.82, 2.24) is 9.97 Å². The van der Waals surface area contributed by atoms with Crippen molar-refractivity contribution in [3.05, 3.63) is 41.2 Å². The van der Waals surface area contributed by atoms with Crippen molar-refractivity contribution in [1.29, 1.82) is 0 Å². The van der Waals surface area contributed by atoms with Gasteiger partial charge >= 0.3 is 0 Å². The smallest absolute Gasteiger partial charge is 0.158 e. The molecule has 1 aromatic carbocycles. The number of methoxy groups -OCH3 is 1. The van der Waals surface area contributed by atoms with Crippen LogP contribution in [0.5, 0.6) is 0 Å². The number of ether oxygens (including phenoxy) is 1. The monoisotopic (exact) mass is 270 g/mol. The SMILES string of the molecule is COCc1nc(N)cc(Nc2ccc3c(c2)CCC3)n1. The number of nitrogens with two attached hydrogens (primary N) is 1. The summed E-state index contributed by atoms with van der Waals surface area (Å²) in [5, 5.41) is 3.29. The average molecular weight is 270 g/mol.